The highest BCUT2D eigenvalue weighted by atomic mass is 16.6. The first-order chi connectivity index (χ1) is 7.19. The predicted molar refractivity (Wildman–Crippen MR) is 57.8 cm³/mol. The lowest BCUT2D eigenvalue weighted by atomic mass is 10.3. The summed E-state index contributed by atoms with van der Waals surface area (Å²) >= 11 is 0. The Kier molecular flexibility index (Phi) is 4.03. The molecule has 0 N–H and O–H groups in total. The molecule has 0 atom stereocenters. The molecule has 0 saturated heterocycles. The third-order valence-corrected chi connectivity index (χ3v) is 2.12. The van der Waals surface area contributed by atoms with Crippen molar-refractivity contribution < 1.29 is 4.92 Å². The van der Waals surface area contributed by atoms with Crippen molar-refractivity contribution in [3.8, 4) is 0 Å². The van der Waals surface area contributed by atoms with Crippen molar-refractivity contribution in [3.63, 3.8) is 0 Å². The molecule has 82 valence electrons. The minimum atomic E-state index is -0.344. The van der Waals surface area contributed by atoms with E-state index in [4.69, 9.17) is 0 Å². The summed E-state index contributed by atoms with van der Waals surface area (Å²) in [6, 6.07) is 0. The fraction of sp³-hybridized carbons (Fsp3) is 0.500. The molecule has 0 aliphatic carbocycles. The zero-order valence-corrected chi connectivity index (χ0v) is 9.01. The molecule has 1 rings (SSSR count). The van der Waals surface area contributed by atoms with E-state index >= 15 is 0 Å². The average molecular weight is 209 g/mol. The zero-order chi connectivity index (χ0) is 11.3. The fourth-order valence-corrected chi connectivity index (χ4v) is 1.33. The Labute approximate surface area is 88.6 Å². The van der Waals surface area contributed by atoms with E-state index in [9.17, 15) is 10.1 Å². The number of rotatable bonds is 5. The number of imidazole rings is 1. The van der Waals surface area contributed by atoms with Gasteiger partial charge in [-0.3, -0.25) is 10.1 Å². The molecule has 0 unspecified atom stereocenters. The molecule has 0 fully saturated rings. The molecule has 1 heterocycles. The number of hydrogen-bond donors (Lipinski definition) is 0. The molecule has 0 amide bonds. The molecular formula is C10H15N3O2. The summed E-state index contributed by atoms with van der Waals surface area (Å²) in [5.41, 5.74) is 1.01. The van der Waals surface area contributed by atoms with Gasteiger partial charge >= 0.3 is 0 Å². The highest BCUT2D eigenvalue weighted by Gasteiger charge is 2.09. The lowest BCUT2D eigenvalue weighted by Gasteiger charge is -2.02. The summed E-state index contributed by atoms with van der Waals surface area (Å²) in [4.78, 5) is 14.3. The maximum atomic E-state index is 10.6. The second-order valence-electron chi connectivity index (χ2n) is 3.26. The lowest BCUT2D eigenvalue weighted by molar-refractivity contribution is -0.425. The molecule has 0 radical (unpaired) electrons. The molecule has 0 aliphatic heterocycles. The molecule has 5 nitrogen and oxygen atoms in total. The Morgan fingerprint density at radius 1 is 1.67 bits per heavy atom. The van der Waals surface area contributed by atoms with E-state index in [0.29, 0.717) is 6.42 Å². The highest BCUT2D eigenvalue weighted by Crippen LogP contribution is 2.10. The van der Waals surface area contributed by atoms with Crippen LogP contribution in [0.2, 0.25) is 0 Å². The second-order valence-corrected chi connectivity index (χ2v) is 3.26. The monoisotopic (exact) mass is 209 g/mol. The van der Waals surface area contributed by atoms with Crippen molar-refractivity contribution in [2.45, 2.75) is 33.2 Å². The largest absolute Gasteiger partial charge is 0.331 e. The van der Waals surface area contributed by atoms with Crippen LogP contribution in [0.4, 0.5) is 0 Å². The van der Waals surface area contributed by atoms with E-state index in [1.165, 1.54) is 0 Å². The van der Waals surface area contributed by atoms with Gasteiger partial charge in [-0.15, -0.1) is 0 Å². The van der Waals surface area contributed by atoms with Gasteiger partial charge in [0.1, 0.15) is 0 Å². The highest BCUT2D eigenvalue weighted by molar-refractivity contribution is 5.46. The van der Waals surface area contributed by atoms with E-state index in [2.05, 4.69) is 11.9 Å². The molecular weight excluding hydrogens is 194 g/mol. The molecule has 0 spiro atoms. The van der Waals surface area contributed by atoms with Gasteiger partial charge in [-0.05, 0) is 6.42 Å². The summed E-state index contributed by atoms with van der Waals surface area (Å²) in [5.74, 6) is 0. The Morgan fingerprint density at radius 3 is 2.93 bits per heavy atom. The first kappa shape index (κ1) is 11.4. The van der Waals surface area contributed by atoms with Crippen molar-refractivity contribution in [1.82, 2.24) is 9.55 Å². The van der Waals surface area contributed by atoms with Crippen LogP contribution in [0.3, 0.4) is 0 Å². The third kappa shape index (κ3) is 2.90. The quantitative estimate of drug-likeness (QED) is 0.552. The Bertz CT molecular complexity index is 368. The standard InChI is InChI=1S/C10H15N3O2/c1-3-5-12-8-11-7-10(12)6-9(4-2)13(14)15/h6-8H,3-5H2,1-2H3. The van der Waals surface area contributed by atoms with Crippen molar-refractivity contribution >= 4 is 6.08 Å². The topological polar surface area (TPSA) is 61.0 Å². The average Bonchev–Trinajstić information content (AvgIpc) is 2.62. The van der Waals surface area contributed by atoms with Crippen molar-refractivity contribution in [3.05, 3.63) is 34.0 Å². The smallest absolute Gasteiger partial charge is 0.248 e. The summed E-state index contributed by atoms with van der Waals surface area (Å²) in [6.45, 7) is 4.66. The van der Waals surface area contributed by atoms with Crippen molar-refractivity contribution in [2.24, 2.45) is 0 Å². The molecule has 5 heteroatoms. The van der Waals surface area contributed by atoms with Crippen LogP contribution in [-0.2, 0) is 6.54 Å². The molecule has 1 aromatic heterocycles. The van der Waals surface area contributed by atoms with Crippen LogP contribution in [0, 0.1) is 10.1 Å². The first-order valence-electron chi connectivity index (χ1n) is 5.04. The summed E-state index contributed by atoms with van der Waals surface area (Å²) < 4.78 is 1.92. The van der Waals surface area contributed by atoms with Gasteiger partial charge in [0.25, 0.3) is 0 Å². The number of allylic oxidation sites excluding steroid dienone is 1. The van der Waals surface area contributed by atoms with Crippen LogP contribution in [0.25, 0.3) is 6.08 Å². The van der Waals surface area contributed by atoms with Crippen molar-refractivity contribution in [2.75, 3.05) is 0 Å². The fourth-order valence-electron chi connectivity index (χ4n) is 1.33. The van der Waals surface area contributed by atoms with Gasteiger partial charge in [0.15, 0.2) is 0 Å². The molecule has 1 aromatic rings. The number of aryl methyl sites for hydroxylation is 1. The minimum Gasteiger partial charge on any atom is -0.331 e. The van der Waals surface area contributed by atoms with Crippen LogP contribution in [0.5, 0.6) is 0 Å². The maximum Gasteiger partial charge on any atom is 0.248 e. The van der Waals surface area contributed by atoms with E-state index in [-0.39, 0.29) is 10.6 Å². The number of nitro groups is 1. The third-order valence-electron chi connectivity index (χ3n) is 2.12. The van der Waals surface area contributed by atoms with Gasteiger partial charge in [-0.2, -0.15) is 0 Å². The van der Waals surface area contributed by atoms with Gasteiger partial charge in [0.05, 0.1) is 23.1 Å². The van der Waals surface area contributed by atoms with Gasteiger partial charge in [0.2, 0.25) is 5.70 Å². The molecule has 0 aromatic carbocycles. The minimum absolute atomic E-state index is 0.216. The molecule has 0 bridgehead atoms. The number of hydrogen-bond acceptors (Lipinski definition) is 3. The van der Waals surface area contributed by atoms with Crippen LogP contribution >= 0.6 is 0 Å². The van der Waals surface area contributed by atoms with Crippen LogP contribution in [0.1, 0.15) is 32.4 Å². The lowest BCUT2D eigenvalue weighted by Crippen LogP contribution is -2.01. The summed E-state index contributed by atoms with van der Waals surface area (Å²) in [6.07, 6.45) is 6.33. The number of nitrogens with zero attached hydrogens (tertiary/aromatic N) is 3. The first-order valence-corrected chi connectivity index (χ1v) is 5.04. The Morgan fingerprint density at radius 2 is 2.40 bits per heavy atom. The van der Waals surface area contributed by atoms with Crippen LogP contribution in [0.15, 0.2) is 18.2 Å². The number of aromatic nitrogens is 2. The van der Waals surface area contributed by atoms with Crippen LogP contribution in [-0.4, -0.2) is 14.5 Å². The zero-order valence-electron chi connectivity index (χ0n) is 9.01. The van der Waals surface area contributed by atoms with E-state index in [0.717, 1.165) is 18.7 Å². The Hall–Kier alpha value is -1.65. The maximum absolute atomic E-state index is 10.6. The van der Waals surface area contributed by atoms with Gasteiger partial charge in [-0.25, -0.2) is 4.98 Å². The van der Waals surface area contributed by atoms with E-state index < -0.39 is 0 Å². The Balaban J connectivity index is 2.95. The van der Waals surface area contributed by atoms with Gasteiger partial charge in [-0.1, -0.05) is 13.8 Å². The van der Waals surface area contributed by atoms with E-state index in [1.54, 1.807) is 25.5 Å². The summed E-state index contributed by atoms with van der Waals surface area (Å²) in [7, 11) is 0. The van der Waals surface area contributed by atoms with Crippen molar-refractivity contribution in [1.29, 1.82) is 0 Å². The predicted octanol–water partition coefficient (Wildman–Crippen LogP) is 2.32. The second kappa shape index (κ2) is 5.29. The molecule has 0 saturated carbocycles. The SMILES string of the molecule is CCCn1cncc1C=C(CC)[N+](=O)[O-]. The molecule has 0 aliphatic rings. The molecule has 15 heavy (non-hydrogen) atoms. The summed E-state index contributed by atoms with van der Waals surface area (Å²) in [5, 5.41) is 10.6. The van der Waals surface area contributed by atoms with E-state index in [1.807, 2.05) is 4.57 Å². The van der Waals surface area contributed by atoms with Gasteiger partial charge < -0.3 is 4.57 Å². The van der Waals surface area contributed by atoms with Crippen LogP contribution < -0.4 is 0 Å². The normalized spacial score (nSPS) is 11.7. The van der Waals surface area contributed by atoms with Gasteiger partial charge in [0, 0.05) is 19.0 Å².